The van der Waals surface area contributed by atoms with E-state index in [4.69, 9.17) is 11.5 Å². The highest BCUT2D eigenvalue weighted by molar-refractivity contribution is 6.18. The minimum absolute atomic E-state index is 0.194. The van der Waals surface area contributed by atoms with Gasteiger partial charge in [-0.3, -0.25) is 29.8 Å². The molecule has 0 bridgehead atoms. The molecular formula is C8H8N4O4. The van der Waals surface area contributed by atoms with Crippen LogP contribution in [0.2, 0.25) is 0 Å². The summed E-state index contributed by atoms with van der Waals surface area (Å²) in [4.78, 5) is 40.9. The van der Waals surface area contributed by atoms with Crippen LogP contribution in [-0.4, -0.2) is 23.6 Å². The summed E-state index contributed by atoms with van der Waals surface area (Å²) < 4.78 is 0. The fourth-order valence-electron chi connectivity index (χ4n) is 0.839. The van der Waals surface area contributed by atoms with E-state index in [9.17, 15) is 19.2 Å². The van der Waals surface area contributed by atoms with Gasteiger partial charge in [0.25, 0.3) is 23.6 Å². The van der Waals surface area contributed by atoms with Crippen molar-refractivity contribution >= 4 is 23.6 Å². The first-order valence-electron chi connectivity index (χ1n) is 4.05. The van der Waals surface area contributed by atoms with Crippen molar-refractivity contribution in [3.63, 3.8) is 0 Å². The zero-order valence-electron chi connectivity index (χ0n) is 7.94. The summed E-state index contributed by atoms with van der Waals surface area (Å²) >= 11 is 0. The monoisotopic (exact) mass is 224 g/mol. The molecule has 4 amide bonds. The van der Waals surface area contributed by atoms with Crippen LogP contribution in [0.4, 0.5) is 0 Å². The number of rotatable bonds is 0. The Morgan fingerprint density at radius 2 is 1.12 bits per heavy atom. The zero-order chi connectivity index (χ0) is 12.3. The third kappa shape index (κ3) is 2.44. The third-order valence-electron chi connectivity index (χ3n) is 1.64. The molecule has 2 heterocycles. The van der Waals surface area contributed by atoms with Crippen LogP contribution < -0.4 is 22.1 Å². The predicted molar refractivity (Wildman–Crippen MR) is 50.8 cm³/mol. The van der Waals surface area contributed by atoms with Crippen molar-refractivity contribution < 1.29 is 19.2 Å². The molecule has 0 aromatic heterocycles. The molecule has 0 unspecified atom stereocenters. The smallest absolute Gasteiger partial charge is 0.276 e. The molecule has 2 rings (SSSR count). The molecule has 0 fully saturated rings. The van der Waals surface area contributed by atoms with Crippen molar-refractivity contribution in [1.82, 2.24) is 10.6 Å². The Morgan fingerprint density at radius 1 is 0.750 bits per heavy atom. The predicted octanol–water partition coefficient (Wildman–Crippen LogP) is -3.03. The summed E-state index contributed by atoms with van der Waals surface area (Å²) in [5, 5.41) is 3.94. The number of carbonyl (C=O) groups is 4. The van der Waals surface area contributed by atoms with Crippen LogP contribution in [0.25, 0.3) is 0 Å². The number of hydrogen-bond acceptors (Lipinski definition) is 6. The largest absolute Gasteiger partial charge is 0.392 e. The summed E-state index contributed by atoms with van der Waals surface area (Å²) in [6.07, 6.45) is 2.39. The molecule has 0 aromatic rings. The van der Waals surface area contributed by atoms with E-state index < -0.39 is 11.8 Å². The van der Waals surface area contributed by atoms with Crippen LogP contribution in [0.15, 0.2) is 23.5 Å². The van der Waals surface area contributed by atoms with Crippen LogP contribution in [-0.2, 0) is 19.2 Å². The number of carbonyl (C=O) groups excluding carboxylic acids is 4. The van der Waals surface area contributed by atoms with Crippen LogP contribution in [0.3, 0.4) is 0 Å². The second-order valence-corrected chi connectivity index (χ2v) is 2.80. The van der Waals surface area contributed by atoms with E-state index in [2.05, 4.69) is 0 Å². The molecule has 0 saturated carbocycles. The normalized spacial score (nSPS) is 18.2. The maximum atomic E-state index is 10.4. The second kappa shape index (κ2) is 4.26. The number of hydrogen-bond donors (Lipinski definition) is 4. The van der Waals surface area contributed by atoms with E-state index >= 15 is 0 Å². The highest BCUT2D eigenvalue weighted by atomic mass is 16.2. The van der Waals surface area contributed by atoms with Gasteiger partial charge in [0.1, 0.15) is 11.4 Å². The van der Waals surface area contributed by atoms with E-state index in [-0.39, 0.29) is 23.2 Å². The van der Waals surface area contributed by atoms with Crippen molar-refractivity contribution in [2.75, 3.05) is 0 Å². The molecule has 0 aromatic carbocycles. The van der Waals surface area contributed by atoms with Crippen molar-refractivity contribution in [3.8, 4) is 0 Å². The SMILES string of the molecule is NC1=C(N)C(=O)NC1=O.O=C1C=CC(=O)N1. The average molecular weight is 224 g/mol. The Morgan fingerprint density at radius 3 is 1.25 bits per heavy atom. The van der Waals surface area contributed by atoms with Gasteiger partial charge in [0.2, 0.25) is 0 Å². The first kappa shape index (κ1) is 11.4. The number of amides is 4. The molecule has 8 nitrogen and oxygen atoms in total. The number of imide groups is 2. The first-order chi connectivity index (χ1) is 7.41. The molecule has 6 N–H and O–H groups in total. The molecule has 0 aliphatic carbocycles. The lowest BCUT2D eigenvalue weighted by Crippen LogP contribution is -2.25. The van der Waals surface area contributed by atoms with Crippen LogP contribution >= 0.6 is 0 Å². The van der Waals surface area contributed by atoms with Crippen molar-refractivity contribution in [2.45, 2.75) is 0 Å². The number of nitrogens with two attached hydrogens (primary N) is 2. The van der Waals surface area contributed by atoms with E-state index in [1.165, 1.54) is 12.2 Å². The number of nitrogens with one attached hydrogen (secondary N) is 2. The average Bonchev–Trinajstić information content (AvgIpc) is 2.68. The molecule has 84 valence electrons. The molecule has 0 spiro atoms. The maximum absolute atomic E-state index is 10.4. The Labute approximate surface area is 89.3 Å². The molecule has 0 saturated heterocycles. The Balaban J connectivity index is 0.000000165. The van der Waals surface area contributed by atoms with Crippen LogP contribution in [0.5, 0.6) is 0 Å². The fourth-order valence-corrected chi connectivity index (χ4v) is 0.839. The van der Waals surface area contributed by atoms with E-state index in [1.807, 2.05) is 10.6 Å². The molecule has 0 radical (unpaired) electrons. The van der Waals surface area contributed by atoms with E-state index in [1.54, 1.807) is 0 Å². The maximum Gasteiger partial charge on any atom is 0.276 e. The van der Waals surface area contributed by atoms with Gasteiger partial charge < -0.3 is 11.5 Å². The van der Waals surface area contributed by atoms with Crippen molar-refractivity contribution in [2.24, 2.45) is 11.5 Å². The standard InChI is InChI=1S/C4H5N3O2.C4H3NO2/c5-1-2(6)4(9)7-3(1)8;6-3-1-2-4(7)5-3/h(H5,5,6,7,8,9);1-2H,(H,5,6,7). The van der Waals surface area contributed by atoms with Gasteiger partial charge in [-0.15, -0.1) is 0 Å². The Kier molecular flexibility index (Phi) is 3.04. The van der Waals surface area contributed by atoms with Gasteiger partial charge in [0.05, 0.1) is 0 Å². The van der Waals surface area contributed by atoms with Gasteiger partial charge >= 0.3 is 0 Å². The van der Waals surface area contributed by atoms with E-state index in [0.717, 1.165) is 0 Å². The van der Waals surface area contributed by atoms with E-state index in [0.29, 0.717) is 0 Å². The van der Waals surface area contributed by atoms with Gasteiger partial charge in [-0.1, -0.05) is 0 Å². The summed E-state index contributed by atoms with van der Waals surface area (Å²) in [7, 11) is 0. The van der Waals surface area contributed by atoms with Gasteiger partial charge in [-0.25, -0.2) is 0 Å². The lowest BCUT2D eigenvalue weighted by molar-refractivity contribution is -0.125. The van der Waals surface area contributed by atoms with Crippen LogP contribution in [0.1, 0.15) is 0 Å². The highest BCUT2D eigenvalue weighted by Crippen LogP contribution is 1.98. The molecular weight excluding hydrogens is 216 g/mol. The first-order valence-corrected chi connectivity index (χ1v) is 4.05. The van der Waals surface area contributed by atoms with Crippen LogP contribution in [0, 0.1) is 0 Å². The molecule has 16 heavy (non-hydrogen) atoms. The van der Waals surface area contributed by atoms with Crippen molar-refractivity contribution in [1.29, 1.82) is 0 Å². The zero-order valence-corrected chi connectivity index (χ0v) is 7.94. The summed E-state index contributed by atoms with van der Waals surface area (Å²) in [5.74, 6) is -1.88. The van der Waals surface area contributed by atoms with Gasteiger partial charge in [0, 0.05) is 12.2 Å². The summed E-state index contributed by atoms with van der Waals surface area (Å²) in [6.45, 7) is 0. The summed E-state index contributed by atoms with van der Waals surface area (Å²) in [5.41, 5.74) is 9.68. The van der Waals surface area contributed by atoms with Gasteiger partial charge in [-0.2, -0.15) is 0 Å². The highest BCUT2D eigenvalue weighted by Gasteiger charge is 2.24. The fraction of sp³-hybridized carbons (Fsp3) is 0. The Bertz CT molecular complexity index is 411. The summed E-state index contributed by atoms with van der Waals surface area (Å²) in [6, 6.07) is 0. The van der Waals surface area contributed by atoms with Gasteiger partial charge in [-0.05, 0) is 0 Å². The van der Waals surface area contributed by atoms with Crippen molar-refractivity contribution in [3.05, 3.63) is 23.5 Å². The molecule has 8 heteroatoms. The molecule has 2 aliphatic heterocycles. The minimum atomic E-state index is -0.613. The minimum Gasteiger partial charge on any atom is -0.392 e. The third-order valence-corrected chi connectivity index (χ3v) is 1.64. The lowest BCUT2D eigenvalue weighted by Gasteiger charge is -1.84. The topological polar surface area (TPSA) is 144 Å². The van der Waals surface area contributed by atoms with Gasteiger partial charge in [0.15, 0.2) is 0 Å². The lowest BCUT2D eigenvalue weighted by atomic mass is 10.4. The molecule has 0 atom stereocenters. The quantitative estimate of drug-likeness (QED) is 0.322. The molecule has 2 aliphatic rings. The second-order valence-electron chi connectivity index (χ2n) is 2.80. The Hall–Kier alpha value is -2.64.